The molecule has 0 aliphatic carbocycles. The second-order valence-electron chi connectivity index (χ2n) is 22.4. The van der Waals surface area contributed by atoms with Crippen molar-refractivity contribution >= 4 is 112 Å². The van der Waals surface area contributed by atoms with Gasteiger partial charge in [-0.25, -0.2) is 0 Å². The molecule has 9 heteroatoms. The fourth-order valence-corrected chi connectivity index (χ4v) is 13.8. The van der Waals surface area contributed by atoms with Crippen molar-refractivity contribution in [2.75, 3.05) is 4.67 Å². The number of rotatable bonds is 17. The molecule has 1 atom stereocenters. The summed E-state index contributed by atoms with van der Waals surface area (Å²) in [5.74, 6) is 1.70. The van der Waals surface area contributed by atoms with Crippen molar-refractivity contribution in [1.82, 2.24) is 0 Å². The van der Waals surface area contributed by atoms with E-state index >= 15 is 0 Å². The van der Waals surface area contributed by atoms with Gasteiger partial charge in [0.25, 0.3) is 0 Å². The predicted octanol–water partition coefficient (Wildman–Crippen LogP) is 19.5. The summed E-state index contributed by atoms with van der Waals surface area (Å²) in [5.41, 5.74) is 19.0. The molecule has 398 valence electrons. The molecule has 6 aromatic carbocycles. The molecule has 1 aliphatic rings. The average molecular weight is 1470 g/mol. The van der Waals surface area contributed by atoms with E-state index in [0.29, 0.717) is 60.6 Å². The summed E-state index contributed by atoms with van der Waals surface area (Å²) in [4.78, 5) is 11.3. The van der Waals surface area contributed by atoms with Crippen molar-refractivity contribution in [2.24, 2.45) is 9.98 Å². The Hall–Kier alpha value is -2.78. The first-order valence-electron chi connectivity index (χ1n) is 26.9. The van der Waals surface area contributed by atoms with Crippen LogP contribution < -0.4 is 17.9 Å². The van der Waals surface area contributed by atoms with Gasteiger partial charge in [0.1, 0.15) is 0 Å². The summed E-state index contributed by atoms with van der Waals surface area (Å²) in [5, 5.41) is 0. The van der Waals surface area contributed by atoms with E-state index in [2.05, 4.69) is 331 Å². The maximum absolute atomic E-state index is 5.65. The molecule has 1 heterocycles. The second-order valence-corrected chi connectivity index (χ2v) is 42.6. The van der Waals surface area contributed by atoms with Crippen molar-refractivity contribution in [2.45, 2.75) is 164 Å². The minimum atomic E-state index is -0.922. The van der Waals surface area contributed by atoms with Crippen LogP contribution in [0.1, 0.15) is 219 Å². The van der Waals surface area contributed by atoms with Crippen LogP contribution >= 0.6 is 65.1 Å². The molecular formula is C66H81I4N4P. The standard InChI is InChI=1S/C66H81IN4P.I3/c1-42(2)54-26-20-27-55(43(3)4)62(54)68-40-66(52-24-18-17-19-25-52,41-69-63-56(44(5)6)28-21-29-57(63)45(7)8)53-36-34-50(35-37-53)51-38-70(64-58(46(9)10)30-22-31-59(64)47(11)12)72(67)71(39-51)65-60(48(13)14)32-23-33-61(65)49(15)16;1-3-2/h17-49H,1-16H3;/q+1;-1. The Balaban J connectivity index is 0.00000297. The Morgan fingerprint density at radius 2 is 0.787 bits per heavy atom. The van der Waals surface area contributed by atoms with Crippen LogP contribution in [0.15, 0.2) is 144 Å². The molecular weight excluding hydrogens is 1390 g/mol. The first-order chi connectivity index (χ1) is 35.7. The molecule has 0 spiro atoms. The monoisotopic (exact) mass is 1470 g/mol. The Bertz CT molecular complexity index is 2810. The van der Waals surface area contributed by atoms with Gasteiger partial charge >= 0.3 is 56.4 Å². The molecule has 6 aromatic rings. The van der Waals surface area contributed by atoms with Gasteiger partial charge in [0, 0.05) is 29.8 Å². The summed E-state index contributed by atoms with van der Waals surface area (Å²) in [6.45, 7) is 36.9. The van der Waals surface area contributed by atoms with E-state index < -0.39 is 11.3 Å². The zero-order chi connectivity index (χ0) is 54.9. The van der Waals surface area contributed by atoms with E-state index in [9.17, 15) is 0 Å². The quantitative estimate of drug-likeness (QED) is 0.0509. The topological polar surface area (TPSA) is 31.0 Å². The molecule has 4 nitrogen and oxygen atoms in total. The first-order valence-corrected chi connectivity index (χ1v) is 43.5. The molecule has 75 heavy (non-hydrogen) atoms. The summed E-state index contributed by atoms with van der Waals surface area (Å²) >= 11 is 8.06. The number of para-hydroxylation sites is 4. The zero-order valence-electron chi connectivity index (χ0n) is 47.3. The van der Waals surface area contributed by atoms with Gasteiger partial charge in [-0.1, -0.05) is 238 Å². The Morgan fingerprint density at radius 1 is 0.453 bits per heavy atom. The number of aliphatic imine (C=N–C) groups is 2. The third kappa shape index (κ3) is 14.2. The van der Waals surface area contributed by atoms with Crippen LogP contribution in [0, 0.1) is 0 Å². The van der Waals surface area contributed by atoms with Crippen LogP contribution in [-0.4, -0.2) is 23.0 Å². The third-order valence-electron chi connectivity index (χ3n) is 14.4. The summed E-state index contributed by atoms with van der Waals surface area (Å²) in [6.07, 6.45) is 9.30. The van der Waals surface area contributed by atoms with Gasteiger partial charge in [0.05, 0.1) is 50.1 Å². The van der Waals surface area contributed by atoms with Crippen molar-refractivity contribution in [3.8, 4) is 0 Å². The fraction of sp³-hybridized carbons (Fsp3) is 0.379. The summed E-state index contributed by atoms with van der Waals surface area (Å²) in [7, 11) is 0. The molecule has 0 saturated heterocycles. The SMILES string of the molecule is CC(C)c1cccc(C(C)C)c1N=CC(C=Nc1c(C(C)C)cccc1C(C)C)(c1ccccc1)c1ccc(C2=CN(c3c(C(C)C)cccc3C(C)C)[P@@](I)[N+](c3c(C(C)C)cccc3C(C)C)=C2)cc1.I[I-]I. The Labute approximate surface area is 497 Å². The summed E-state index contributed by atoms with van der Waals surface area (Å²) in [6, 6.07) is 47.5. The molecule has 0 fully saturated rings. The molecule has 0 saturated carbocycles. The van der Waals surface area contributed by atoms with Crippen molar-refractivity contribution in [3.63, 3.8) is 0 Å². The molecule has 0 amide bonds. The van der Waals surface area contributed by atoms with E-state index in [0.717, 1.165) is 28.1 Å². The predicted molar refractivity (Wildman–Crippen MR) is 354 cm³/mol. The van der Waals surface area contributed by atoms with Gasteiger partial charge in [-0.3, -0.25) is 14.7 Å². The molecule has 1 aliphatic heterocycles. The van der Waals surface area contributed by atoms with Crippen molar-refractivity contribution in [3.05, 3.63) is 195 Å². The molecule has 0 bridgehead atoms. The van der Waals surface area contributed by atoms with E-state index in [1.165, 1.54) is 61.5 Å². The average Bonchev–Trinajstić information content (AvgIpc) is 3.38. The van der Waals surface area contributed by atoms with Crippen LogP contribution in [0.5, 0.6) is 0 Å². The third-order valence-corrected chi connectivity index (χ3v) is 18.6. The minimum absolute atomic E-state index is 0.303. The van der Waals surface area contributed by atoms with Crippen LogP contribution in [0.3, 0.4) is 0 Å². The van der Waals surface area contributed by atoms with Crippen LogP contribution in [0.4, 0.5) is 22.7 Å². The van der Waals surface area contributed by atoms with Gasteiger partial charge in [0.15, 0.2) is 6.21 Å². The Morgan fingerprint density at radius 3 is 1.15 bits per heavy atom. The number of nitrogens with zero attached hydrogens (tertiary/aromatic N) is 4. The number of hydrogen-bond acceptors (Lipinski definition) is 3. The number of allylic oxidation sites excluding steroid dienone is 1. The van der Waals surface area contributed by atoms with Crippen molar-refractivity contribution < 1.29 is 17.6 Å². The molecule has 0 N–H and O–H groups in total. The Kier molecular flexibility index (Phi) is 22.8. The van der Waals surface area contributed by atoms with E-state index in [1.807, 2.05) is 0 Å². The van der Waals surface area contributed by atoms with Crippen LogP contribution in [-0.2, 0) is 5.41 Å². The number of anilines is 1. The van der Waals surface area contributed by atoms with Gasteiger partial charge in [-0.15, -0.1) is 0 Å². The molecule has 0 unspecified atom stereocenters. The first kappa shape index (κ1) is 61.4. The zero-order valence-corrected chi connectivity index (χ0v) is 56.8. The van der Waals surface area contributed by atoms with Gasteiger partial charge < -0.3 is 0 Å². The van der Waals surface area contributed by atoms with E-state index in [4.69, 9.17) is 9.98 Å². The van der Waals surface area contributed by atoms with Crippen LogP contribution in [0.25, 0.3) is 5.57 Å². The van der Waals surface area contributed by atoms with Crippen molar-refractivity contribution in [1.29, 1.82) is 0 Å². The van der Waals surface area contributed by atoms with Gasteiger partial charge in [-0.2, -0.15) is 4.35 Å². The van der Waals surface area contributed by atoms with Crippen LogP contribution in [0.2, 0.25) is 0 Å². The molecule has 0 aromatic heterocycles. The van der Waals surface area contributed by atoms with E-state index in [1.54, 1.807) is 0 Å². The number of hydrogen-bond donors (Lipinski definition) is 0. The number of benzene rings is 6. The second kappa shape index (κ2) is 27.9. The van der Waals surface area contributed by atoms with Gasteiger partial charge in [-0.05, 0) is 97.4 Å². The normalized spacial score (nSPS) is 15.1. The van der Waals surface area contributed by atoms with E-state index in [-0.39, 0.29) is 0 Å². The molecule has 0 radical (unpaired) electrons. The number of halogens is 4. The molecule has 7 rings (SSSR count). The summed E-state index contributed by atoms with van der Waals surface area (Å²) < 4.78 is 5.27. The fourth-order valence-electron chi connectivity index (χ4n) is 10.3. The maximum atomic E-state index is 5.65. The van der Waals surface area contributed by atoms with Gasteiger partial charge in [0.2, 0.25) is 5.69 Å².